The quantitative estimate of drug-likeness (QED) is 0.788. The zero-order valence-corrected chi connectivity index (χ0v) is 10.0. The average Bonchev–Trinajstić information content (AvgIpc) is 2.46. The summed E-state index contributed by atoms with van der Waals surface area (Å²) in [6, 6.07) is 19.2. The van der Waals surface area contributed by atoms with Gasteiger partial charge in [-0.05, 0) is 0 Å². The van der Waals surface area contributed by atoms with Gasteiger partial charge in [-0.1, -0.05) is 60.7 Å². The molecule has 0 aliphatic rings. The molecule has 0 radical (unpaired) electrons. The summed E-state index contributed by atoms with van der Waals surface area (Å²) in [4.78, 5) is 4.24. The normalized spacial score (nSPS) is 11.3. The van der Waals surface area contributed by atoms with Gasteiger partial charge in [0.1, 0.15) is 0 Å². The van der Waals surface area contributed by atoms with Crippen molar-refractivity contribution in [2.75, 3.05) is 6.67 Å². The van der Waals surface area contributed by atoms with E-state index < -0.39 is 0 Å². The topological polar surface area (TPSA) is 62.2 Å². The van der Waals surface area contributed by atoms with Crippen molar-refractivity contribution in [3.8, 4) is 0 Å². The van der Waals surface area contributed by atoms with E-state index in [2.05, 4.69) is 4.99 Å². The van der Waals surface area contributed by atoms with Crippen LogP contribution in [0.2, 0.25) is 0 Å². The lowest BCUT2D eigenvalue weighted by atomic mass is 10.00. The molecule has 0 fully saturated rings. The van der Waals surface area contributed by atoms with Gasteiger partial charge in [-0.2, -0.15) is 0 Å². The van der Waals surface area contributed by atoms with E-state index in [-0.39, 0.29) is 6.67 Å². The van der Waals surface area contributed by atoms with Gasteiger partial charge in [-0.3, -0.25) is 10.4 Å². The third kappa shape index (κ3) is 2.70. The van der Waals surface area contributed by atoms with Crippen LogP contribution in [-0.2, 0) is 0 Å². The average molecular weight is 237 g/mol. The van der Waals surface area contributed by atoms with Crippen molar-refractivity contribution in [1.82, 2.24) is 0 Å². The number of hydrogen-bond donors (Lipinski definition) is 2. The van der Waals surface area contributed by atoms with Crippen LogP contribution in [0.3, 0.4) is 0 Å². The number of nitrogens with one attached hydrogen (secondary N) is 1. The van der Waals surface area contributed by atoms with Crippen molar-refractivity contribution < 1.29 is 0 Å². The van der Waals surface area contributed by atoms with Crippen LogP contribution < -0.4 is 5.73 Å². The summed E-state index contributed by atoms with van der Waals surface area (Å²) in [6.45, 7) is 0.180. The Labute approximate surface area is 107 Å². The van der Waals surface area contributed by atoms with Gasteiger partial charge in [0, 0.05) is 11.1 Å². The first-order valence-electron chi connectivity index (χ1n) is 5.77. The van der Waals surface area contributed by atoms with Crippen molar-refractivity contribution in [3.05, 3.63) is 71.8 Å². The first-order valence-corrected chi connectivity index (χ1v) is 5.77. The van der Waals surface area contributed by atoms with Crippen molar-refractivity contribution in [1.29, 1.82) is 5.41 Å². The second-order valence-electron chi connectivity index (χ2n) is 3.80. The maximum absolute atomic E-state index is 8.24. The fraction of sp³-hybridized carbons (Fsp3) is 0.0667. The molecule has 0 amide bonds. The molecule has 3 N–H and O–H groups in total. The minimum Gasteiger partial charge on any atom is -0.312 e. The Kier molecular flexibility index (Phi) is 3.99. The van der Waals surface area contributed by atoms with Gasteiger partial charge >= 0.3 is 0 Å². The summed E-state index contributed by atoms with van der Waals surface area (Å²) in [5.41, 5.74) is 8.28. The molecule has 0 bridgehead atoms. The molecular formula is C15H15N3. The molecule has 0 spiro atoms. The largest absolute Gasteiger partial charge is 0.312 e. The van der Waals surface area contributed by atoms with Crippen molar-refractivity contribution in [3.63, 3.8) is 0 Å². The Morgan fingerprint density at radius 1 is 0.889 bits per heavy atom. The second-order valence-corrected chi connectivity index (χ2v) is 3.80. The van der Waals surface area contributed by atoms with Crippen LogP contribution in [0.1, 0.15) is 11.1 Å². The molecular weight excluding hydrogens is 222 g/mol. The Bertz CT molecular complexity index is 544. The molecule has 2 aromatic carbocycles. The van der Waals surface area contributed by atoms with Crippen molar-refractivity contribution in [2.45, 2.75) is 0 Å². The van der Waals surface area contributed by atoms with E-state index in [9.17, 15) is 0 Å². The molecule has 0 atom stereocenters. The van der Waals surface area contributed by atoms with Crippen LogP contribution in [0, 0.1) is 5.41 Å². The first kappa shape index (κ1) is 12.2. The second kappa shape index (κ2) is 5.89. The van der Waals surface area contributed by atoms with Crippen molar-refractivity contribution in [2.24, 2.45) is 10.7 Å². The molecule has 3 nitrogen and oxygen atoms in total. The Morgan fingerprint density at radius 2 is 1.39 bits per heavy atom. The van der Waals surface area contributed by atoms with Gasteiger partial charge in [0.25, 0.3) is 0 Å². The Morgan fingerprint density at radius 3 is 1.89 bits per heavy atom. The Hall–Kier alpha value is -2.26. The fourth-order valence-electron chi connectivity index (χ4n) is 1.74. The maximum atomic E-state index is 8.24. The zero-order valence-electron chi connectivity index (χ0n) is 10.0. The van der Waals surface area contributed by atoms with E-state index >= 15 is 0 Å². The highest BCUT2D eigenvalue weighted by atomic mass is 14.9. The molecule has 0 aliphatic carbocycles. The Balaban J connectivity index is 2.39. The van der Waals surface area contributed by atoms with Crippen LogP contribution in [0.5, 0.6) is 0 Å². The van der Waals surface area contributed by atoms with Gasteiger partial charge < -0.3 is 5.73 Å². The lowest BCUT2D eigenvalue weighted by molar-refractivity contribution is 1.07. The number of hydrogen-bond acceptors (Lipinski definition) is 3. The molecule has 0 saturated heterocycles. The summed E-state index contributed by atoms with van der Waals surface area (Å²) < 4.78 is 0. The highest BCUT2D eigenvalue weighted by molar-refractivity contribution is 6.52. The van der Waals surface area contributed by atoms with Crippen LogP contribution in [0.25, 0.3) is 0 Å². The molecule has 0 heterocycles. The van der Waals surface area contributed by atoms with E-state index in [0.717, 1.165) is 11.1 Å². The predicted molar refractivity (Wildman–Crippen MR) is 75.3 cm³/mol. The SMILES string of the molecule is N=C(/C(=N\CN)c1ccccc1)c1ccccc1. The zero-order chi connectivity index (χ0) is 12.8. The molecule has 0 aromatic heterocycles. The molecule has 0 aliphatic heterocycles. The fourth-order valence-corrected chi connectivity index (χ4v) is 1.74. The standard InChI is InChI=1S/C15H15N3/c16-11-18-15(13-9-5-2-6-10-13)14(17)12-7-3-1-4-8-12/h1-10,17H,11,16H2/b17-14?,18-15-. The lowest BCUT2D eigenvalue weighted by Gasteiger charge is -2.08. The highest BCUT2D eigenvalue weighted by Crippen LogP contribution is 2.08. The van der Waals surface area contributed by atoms with Gasteiger partial charge in [0.2, 0.25) is 0 Å². The molecule has 3 heteroatoms. The van der Waals surface area contributed by atoms with Gasteiger partial charge in [0.05, 0.1) is 18.1 Å². The third-order valence-corrected chi connectivity index (χ3v) is 2.60. The van der Waals surface area contributed by atoms with Crippen LogP contribution >= 0.6 is 0 Å². The molecule has 2 rings (SSSR count). The number of rotatable bonds is 4. The number of nitrogens with zero attached hydrogens (tertiary/aromatic N) is 1. The minimum atomic E-state index is 0.180. The molecule has 0 unspecified atom stereocenters. The minimum absolute atomic E-state index is 0.180. The van der Waals surface area contributed by atoms with Crippen LogP contribution in [-0.4, -0.2) is 18.1 Å². The lowest BCUT2D eigenvalue weighted by Crippen LogP contribution is -2.17. The molecule has 2 aromatic rings. The van der Waals surface area contributed by atoms with E-state index in [1.807, 2.05) is 60.7 Å². The molecule has 0 saturated carbocycles. The summed E-state index contributed by atoms with van der Waals surface area (Å²) >= 11 is 0. The van der Waals surface area contributed by atoms with Crippen LogP contribution in [0.4, 0.5) is 0 Å². The van der Waals surface area contributed by atoms with E-state index in [4.69, 9.17) is 11.1 Å². The monoisotopic (exact) mass is 237 g/mol. The summed E-state index contributed by atoms with van der Waals surface area (Å²) in [5.74, 6) is 0. The molecule has 90 valence electrons. The third-order valence-electron chi connectivity index (χ3n) is 2.60. The smallest absolute Gasteiger partial charge is 0.0917 e. The predicted octanol–water partition coefficient (Wildman–Crippen LogP) is 2.46. The van der Waals surface area contributed by atoms with E-state index in [1.165, 1.54) is 0 Å². The van der Waals surface area contributed by atoms with Gasteiger partial charge in [-0.15, -0.1) is 0 Å². The first-order chi connectivity index (χ1) is 8.83. The maximum Gasteiger partial charge on any atom is 0.0917 e. The summed E-state index contributed by atoms with van der Waals surface area (Å²) in [5, 5.41) is 8.24. The van der Waals surface area contributed by atoms with E-state index in [1.54, 1.807) is 0 Å². The number of nitrogens with two attached hydrogens (primary N) is 1. The van der Waals surface area contributed by atoms with Crippen molar-refractivity contribution >= 4 is 11.4 Å². The number of aliphatic imine (C=N–C) groups is 1. The van der Waals surface area contributed by atoms with Gasteiger partial charge in [0.15, 0.2) is 0 Å². The van der Waals surface area contributed by atoms with Gasteiger partial charge in [-0.25, -0.2) is 0 Å². The summed E-state index contributed by atoms with van der Waals surface area (Å²) in [6.07, 6.45) is 0. The summed E-state index contributed by atoms with van der Waals surface area (Å²) in [7, 11) is 0. The van der Waals surface area contributed by atoms with Crippen LogP contribution in [0.15, 0.2) is 65.7 Å². The van der Waals surface area contributed by atoms with E-state index in [0.29, 0.717) is 11.4 Å². The highest BCUT2D eigenvalue weighted by Gasteiger charge is 2.11. The molecule has 18 heavy (non-hydrogen) atoms. The number of benzene rings is 2.